The van der Waals surface area contributed by atoms with E-state index in [-0.39, 0.29) is 17.0 Å². The number of para-hydroxylation sites is 1. The smallest absolute Gasteiger partial charge is 1.00 e. The molecule has 1 heterocycles. The van der Waals surface area contributed by atoms with E-state index in [1.807, 2.05) is 0 Å². The van der Waals surface area contributed by atoms with Crippen molar-refractivity contribution in [1.82, 2.24) is 0 Å². The van der Waals surface area contributed by atoms with E-state index in [4.69, 9.17) is 0 Å². The van der Waals surface area contributed by atoms with Gasteiger partial charge in [0.25, 0.3) is 0 Å². The topological polar surface area (TPSA) is 14.1 Å². The minimum atomic E-state index is 0. The number of fused-ring (bicyclic) bond motifs is 1. The third-order valence-corrected chi connectivity index (χ3v) is 3.53. The van der Waals surface area contributed by atoms with Gasteiger partial charge in [0.1, 0.15) is 0 Å². The van der Waals surface area contributed by atoms with Crippen LogP contribution in [-0.2, 0) is 0 Å². The molecule has 0 saturated heterocycles. The average molecular weight is 277 g/mol. The van der Waals surface area contributed by atoms with Crippen LogP contribution in [0, 0.1) is 6.92 Å². The van der Waals surface area contributed by atoms with Gasteiger partial charge in [0.05, 0.1) is 0 Å². The molecule has 0 fully saturated rings. The number of halogens is 1. The zero-order valence-electron chi connectivity index (χ0n) is 6.10. The molecule has 0 unspecified atom stereocenters. The van der Waals surface area contributed by atoms with E-state index in [0.717, 1.165) is 0 Å². The third-order valence-electron chi connectivity index (χ3n) is 1.46. The van der Waals surface area contributed by atoms with Gasteiger partial charge in [-0.15, -0.1) is 0 Å². The minimum Gasteiger partial charge on any atom is -1.00 e. The summed E-state index contributed by atoms with van der Waals surface area (Å²) in [4.78, 5) is 3.34. The zero-order valence-corrected chi connectivity index (χ0v) is 9.39. The Bertz CT molecular complexity index is 323. The van der Waals surface area contributed by atoms with Crippen LogP contribution >= 0.6 is 0 Å². The largest absolute Gasteiger partial charge is 1.00 e. The molecule has 3 heteroatoms. The Morgan fingerprint density at radius 3 is 2.73 bits per heavy atom. The van der Waals surface area contributed by atoms with Gasteiger partial charge in [0.15, 0.2) is 0 Å². The molecule has 1 nitrogen and oxygen atoms in total. The molecule has 0 saturated carbocycles. The summed E-state index contributed by atoms with van der Waals surface area (Å²) in [5, 5.41) is 0. The molecule has 0 radical (unpaired) electrons. The molecule has 0 aliphatic heterocycles. The molecule has 1 aromatic carbocycles. The molecule has 0 atom stereocenters. The number of benzene rings is 1. The summed E-state index contributed by atoms with van der Waals surface area (Å²) in [6.07, 6.45) is 0. The maximum atomic E-state index is 3.34. The molecule has 2 aromatic rings. The quantitative estimate of drug-likeness (QED) is 0.496. The van der Waals surface area contributed by atoms with Gasteiger partial charge in [-0.05, 0) is 0 Å². The molecule has 58 valence electrons. The van der Waals surface area contributed by atoms with E-state index < -0.39 is 0 Å². The predicted octanol–water partition coefficient (Wildman–Crippen LogP) is -1.98. The van der Waals surface area contributed by atoms with Crippen molar-refractivity contribution in [2.24, 2.45) is 0 Å². The van der Waals surface area contributed by atoms with Crippen molar-refractivity contribution in [2.45, 2.75) is 6.92 Å². The van der Waals surface area contributed by atoms with Crippen LogP contribution in [0.5, 0.6) is 0 Å². The molecule has 11 heavy (non-hydrogen) atoms. The van der Waals surface area contributed by atoms with Crippen LogP contribution in [-0.4, -0.2) is 14.5 Å². The number of H-pyrrole nitrogens is 1. The van der Waals surface area contributed by atoms with Crippen LogP contribution in [0.2, 0.25) is 0 Å². The molecular weight excluding hydrogens is 269 g/mol. The van der Waals surface area contributed by atoms with Crippen molar-refractivity contribution >= 4 is 24.3 Å². The second-order valence-corrected chi connectivity index (χ2v) is 4.92. The molecular formula is C8H8BrNSe. The standard InChI is InChI=1S/C8H7NSe.BrH/c1-6-9-7-4-2-3-5-8(7)10-6;/h2-5H,1H3;1H. The van der Waals surface area contributed by atoms with E-state index in [9.17, 15) is 0 Å². The molecule has 1 aromatic heterocycles. The number of aromatic nitrogens is 1. The van der Waals surface area contributed by atoms with Crippen molar-refractivity contribution in [2.75, 3.05) is 0 Å². The summed E-state index contributed by atoms with van der Waals surface area (Å²) in [7, 11) is 0. The predicted molar refractivity (Wildman–Crippen MR) is 42.2 cm³/mol. The third kappa shape index (κ3) is 1.73. The summed E-state index contributed by atoms with van der Waals surface area (Å²) >= 11 is 0.566. The Balaban J connectivity index is 0.000000605. The zero-order chi connectivity index (χ0) is 6.97. The first-order valence-electron chi connectivity index (χ1n) is 3.24. The number of hydrogen-bond acceptors (Lipinski definition) is 0. The average Bonchev–Trinajstić information content (AvgIpc) is 2.27. The van der Waals surface area contributed by atoms with Crippen molar-refractivity contribution in [3.63, 3.8) is 0 Å². The maximum absolute atomic E-state index is 3.34. The summed E-state index contributed by atoms with van der Waals surface area (Å²) in [6.45, 7) is 2.15. The number of nitrogens with one attached hydrogen (secondary N) is 1. The van der Waals surface area contributed by atoms with E-state index in [1.165, 1.54) is 14.3 Å². The molecule has 0 spiro atoms. The first-order chi connectivity index (χ1) is 4.86. The van der Waals surface area contributed by atoms with Gasteiger partial charge in [0.2, 0.25) is 0 Å². The monoisotopic (exact) mass is 277 g/mol. The molecule has 2 rings (SSSR count). The number of hydrogen-bond donors (Lipinski definition) is 0. The van der Waals surface area contributed by atoms with Gasteiger partial charge in [-0.25, -0.2) is 0 Å². The fourth-order valence-corrected chi connectivity index (χ4v) is 2.86. The summed E-state index contributed by atoms with van der Waals surface area (Å²) in [5.74, 6) is 0. The number of rotatable bonds is 0. The molecule has 0 aliphatic carbocycles. The van der Waals surface area contributed by atoms with Crippen molar-refractivity contribution in [1.29, 1.82) is 0 Å². The van der Waals surface area contributed by atoms with Crippen molar-refractivity contribution in [3.8, 4) is 0 Å². The molecule has 0 amide bonds. The summed E-state index contributed by atoms with van der Waals surface area (Å²) < 4.78 is 2.89. The second-order valence-electron chi connectivity index (χ2n) is 2.28. The Hall–Kier alpha value is -0.111. The Kier molecular flexibility index (Phi) is 2.88. The first-order valence-corrected chi connectivity index (χ1v) is 4.95. The van der Waals surface area contributed by atoms with E-state index in [2.05, 4.69) is 36.2 Å². The van der Waals surface area contributed by atoms with Crippen molar-refractivity contribution in [3.05, 3.63) is 28.8 Å². The van der Waals surface area contributed by atoms with E-state index in [0.29, 0.717) is 14.5 Å². The Morgan fingerprint density at radius 1 is 1.27 bits per heavy atom. The molecule has 0 aliphatic rings. The van der Waals surface area contributed by atoms with Crippen LogP contribution in [0.15, 0.2) is 24.3 Å². The van der Waals surface area contributed by atoms with Gasteiger partial charge in [0, 0.05) is 0 Å². The second kappa shape index (κ2) is 3.53. The van der Waals surface area contributed by atoms with Crippen LogP contribution in [0.1, 0.15) is 4.57 Å². The van der Waals surface area contributed by atoms with Gasteiger partial charge in [-0.2, -0.15) is 0 Å². The van der Waals surface area contributed by atoms with Crippen LogP contribution in [0.25, 0.3) is 9.78 Å². The van der Waals surface area contributed by atoms with Gasteiger partial charge in [-0.1, -0.05) is 0 Å². The van der Waals surface area contributed by atoms with E-state index >= 15 is 0 Å². The van der Waals surface area contributed by atoms with Crippen molar-refractivity contribution < 1.29 is 22.0 Å². The summed E-state index contributed by atoms with van der Waals surface area (Å²) in [5.41, 5.74) is 1.31. The first kappa shape index (κ1) is 8.98. The fourth-order valence-electron chi connectivity index (χ4n) is 1.04. The normalized spacial score (nSPS) is 9.55. The summed E-state index contributed by atoms with van der Waals surface area (Å²) in [6, 6.07) is 8.49. The number of aryl methyl sites for hydroxylation is 1. The van der Waals surface area contributed by atoms with Gasteiger partial charge < -0.3 is 17.0 Å². The Morgan fingerprint density at radius 2 is 2.00 bits per heavy atom. The minimum absolute atomic E-state index is 0. The maximum Gasteiger partial charge on any atom is -1.00 e. The van der Waals surface area contributed by atoms with Gasteiger partial charge >= 0.3 is 65.0 Å². The SMILES string of the molecule is Cc1[nH+]c2ccccc2[se]1.[Br-]. The van der Waals surface area contributed by atoms with Gasteiger partial charge in [-0.3, -0.25) is 0 Å². The fraction of sp³-hybridized carbons (Fsp3) is 0.125. The molecule has 0 bridgehead atoms. The molecule has 1 N–H and O–H groups in total. The Labute approximate surface area is 82.0 Å². The van der Waals surface area contributed by atoms with Crippen LogP contribution in [0.3, 0.4) is 0 Å². The van der Waals surface area contributed by atoms with Crippen LogP contribution in [0.4, 0.5) is 0 Å². The van der Waals surface area contributed by atoms with E-state index in [1.54, 1.807) is 0 Å². The number of aromatic amines is 1. The van der Waals surface area contributed by atoms with Crippen LogP contribution < -0.4 is 22.0 Å².